The first-order valence-electron chi connectivity index (χ1n) is 21.1. The predicted molar refractivity (Wildman–Crippen MR) is 240 cm³/mol. The van der Waals surface area contributed by atoms with Gasteiger partial charge in [0.15, 0.2) is 0 Å². The Kier molecular flexibility index (Phi) is 10.0. The minimum absolute atomic E-state index is 0. The van der Waals surface area contributed by atoms with Gasteiger partial charge >= 0.3 is 21.1 Å². The van der Waals surface area contributed by atoms with E-state index >= 15 is 0 Å². The first-order valence-corrected chi connectivity index (χ1v) is 21.1. The summed E-state index contributed by atoms with van der Waals surface area (Å²) in [6, 6.07) is 51.1. The summed E-state index contributed by atoms with van der Waals surface area (Å²) in [6.07, 6.45) is 9.73. The molecule has 4 aromatic heterocycles. The Morgan fingerprint density at radius 1 is 0.667 bits per heavy atom. The van der Waals surface area contributed by atoms with Crippen LogP contribution in [-0.2, 0) is 25.8 Å². The molecule has 0 unspecified atom stereocenters. The Hall–Kier alpha value is -5.84. The standard InChI is InChI=1S/C53H45N5O.Pt/c1-33(2)37-20-24-48-45(31-37)43-17-12-26-55-52(43)58(48)40-21-22-42-44-27-34(3)19-23-47(44)57(49(42)32-40)41-29-38(46-18-10-11-25-54-46)28-39(30-41)53-56-50(35-13-6-4-7-14-35)51(59-53)36-15-8-5-9-16-36;/h5,8-12,15-29,31,33,35,50-51H,4,6-7,13-14H2,1-3H3;/q-2;+2/t50-,51-;/m1./s1. The Morgan fingerprint density at radius 2 is 1.45 bits per heavy atom. The average Bonchev–Trinajstić information content (AvgIpc) is 3.97. The second-order valence-corrected chi connectivity index (χ2v) is 16.8. The van der Waals surface area contributed by atoms with Gasteiger partial charge in [-0.05, 0) is 96.3 Å². The van der Waals surface area contributed by atoms with E-state index in [9.17, 15) is 0 Å². The Labute approximate surface area is 365 Å². The SMILES string of the molecule is Cc1ccc2c(c1)c1ccc(-n3c4ccc(C(C)C)cc4c4cccnc43)[c-]c1n2-c1[c-]c(C2=N[C@H](C3CCCCC3)[C@@H](c3ccccc3)O2)cc(-c2ccccn2)c1.[Pt+2]. The van der Waals surface area contributed by atoms with E-state index in [1.807, 2.05) is 30.6 Å². The molecule has 5 aromatic carbocycles. The molecule has 2 aliphatic rings. The van der Waals surface area contributed by atoms with Crippen LogP contribution in [0.5, 0.6) is 0 Å². The monoisotopic (exact) mass is 962 g/mol. The van der Waals surface area contributed by atoms with E-state index in [2.05, 4.69) is 145 Å². The number of ether oxygens (including phenoxy) is 1. The van der Waals surface area contributed by atoms with Crippen molar-refractivity contribution in [3.8, 4) is 22.6 Å². The van der Waals surface area contributed by atoms with Gasteiger partial charge in [0.05, 0.1) is 17.3 Å². The van der Waals surface area contributed by atoms with Crippen LogP contribution in [0, 0.1) is 25.0 Å². The first kappa shape index (κ1) is 38.4. The van der Waals surface area contributed by atoms with E-state index in [0.717, 1.165) is 61.2 Å². The normalized spacial score (nSPS) is 17.1. The quantitative estimate of drug-likeness (QED) is 0.150. The third-order valence-electron chi connectivity index (χ3n) is 12.6. The minimum Gasteiger partial charge on any atom is -0.510 e. The summed E-state index contributed by atoms with van der Waals surface area (Å²) < 4.78 is 11.6. The van der Waals surface area contributed by atoms with Crippen LogP contribution in [0.4, 0.5) is 0 Å². The number of nitrogens with zero attached hydrogens (tertiary/aromatic N) is 5. The molecule has 0 radical (unpaired) electrons. The van der Waals surface area contributed by atoms with Gasteiger partial charge in [0.2, 0.25) is 0 Å². The van der Waals surface area contributed by atoms with Gasteiger partial charge in [0.25, 0.3) is 0 Å². The molecular formula is C53H45N5OPt. The van der Waals surface area contributed by atoms with Gasteiger partial charge in [0.1, 0.15) is 17.6 Å². The maximum absolute atomic E-state index is 7.00. The van der Waals surface area contributed by atoms with Crippen molar-refractivity contribution in [2.45, 2.75) is 70.9 Å². The zero-order valence-electron chi connectivity index (χ0n) is 34.0. The second-order valence-electron chi connectivity index (χ2n) is 16.8. The molecule has 0 saturated heterocycles. The molecule has 0 amide bonds. The number of benzene rings is 5. The van der Waals surface area contributed by atoms with Crippen molar-refractivity contribution >= 4 is 49.6 Å². The van der Waals surface area contributed by atoms with Crippen LogP contribution in [0.15, 0.2) is 139 Å². The van der Waals surface area contributed by atoms with E-state index in [1.54, 1.807) is 0 Å². The summed E-state index contributed by atoms with van der Waals surface area (Å²) in [5, 5.41) is 4.62. The van der Waals surface area contributed by atoms with Gasteiger partial charge < -0.3 is 13.9 Å². The number of fused-ring (bicyclic) bond motifs is 6. The van der Waals surface area contributed by atoms with E-state index in [1.165, 1.54) is 59.6 Å². The van der Waals surface area contributed by atoms with Crippen molar-refractivity contribution in [1.82, 2.24) is 19.1 Å². The van der Waals surface area contributed by atoms with Crippen LogP contribution >= 0.6 is 0 Å². The molecule has 1 saturated carbocycles. The summed E-state index contributed by atoms with van der Waals surface area (Å²) in [7, 11) is 0. The fraction of sp³-hybridized carbons (Fsp3) is 0.226. The van der Waals surface area contributed by atoms with Crippen molar-refractivity contribution in [1.29, 1.82) is 0 Å². The molecule has 298 valence electrons. The van der Waals surface area contributed by atoms with E-state index in [0.29, 0.717) is 17.7 Å². The van der Waals surface area contributed by atoms with Crippen LogP contribution in [-0.4, -0.2) is 31.0 Å². The summed E-state index contributed by atoms with van der Waals surface area (Å²) in [5.74, 6) is 1.54. The van der Waals surface area contributed by atoms with Crippen molar-refractivity contribution in [2.24, 2.45) is 10.9 Å². The zero-order chi connectivity index (χ0) is 39.6. The fourth-order valence-corrected chi connectivity index (χ4v) is 9.66. The van der Waals surface area contributed by atoms with Crippen LogP contribution in [0.3, 0.4) is 0 Å². The van der Waals surface area contributed by atoms with Gasteiger partial charge in [-0.2, -0.15) is 6.07 Å². The molecule has 7 heteroatoms. The van der Waals surface area contributed by atoms with Crippen molar-refractivity contribution in [3.05, 3.63) is 168 Å². The fourth-order valence-electron chi connectivity index (χ4n) is 9.66. The second kappa shape index (κ2) is 15.6. The van der Waals surface area contributed by atoms with Gasteiger partial charge in [0, 0.05) is 28.7 Å². The van der Waals surface area contributed by atoms with Crippen LogP contribution in [0.1, 0.15) is 80.2 Å². The molecule has 0 bridgehead atoms. The maximum atomic E-state index is 7.00. The van der Waals surface area contributed by atoms with Crippen molar-refractivity contribution in [2.75, 3.05) is 0 Å². The number of aliphatic imine (C=N–C) groups is 1. The number of aryl methyl sites for hydroxylation is 1. The summed E-state index contributed by atoms with van der Waals surface area (Å²) in [5.41, 5.74) is 12.2. The number of hydrogen-bond acceptors (Lipinski definition) is 4. The number of rotatable bonds is 7. The van der Waals surface area contributed by atoms with Crippen LogP contribution in [0.25, 0.3) is 66.4 Å². The number of hydrogen-bond donors (Lipinski definition) is 0. The van der Waals surface area contributed by atoms with Gasteiger partial charge in [-0.3, -0.25) is 9.98 Å². The summed E-state index contributed by atoms with van der Waals surface area (Å²) in [6.45, 7) is 6.64. The van der Waals surface area contributed by atoms with E-state index in [-0.39, 0.29) is 33.2 Å². The summed E-state index contributed by atoms with van der Waals surface area (Å²) in [4.78, 5) is 15.2. The molecule has 2 atom stereocenters. The molecule has 60 heavy (non-hydrogen) atoms. The average molecular weight is 963 g/mol. The smallest absolute Gasteiger partial charge is 0.510 e. The first-order chi connectivity index (χ1) is 29.0. The predicted octanol–water partition coefficient (Wildman–Crippen LogP) is 12.8. The minimum atomic E-state index is -0.145. The Balaban J connectivity index is 0.00000433. The maximum Gasteiger partial charge on any atom is 2.00 e. The van der Waals surface area contributed by atoms with Gasteiger partial charge in [-0.25, -0.2) is 4.98 Å². The molecule has 1 aliphatic carbocycles. The summed E-state index contributed by atoms with van der Waals surface area (Å²) >= 11 is 0. The molecule has 0 N–H and O–H groups in total. The Morgan fingerprint density at radius 3 is 2.27 bits per heavy atom. The van der Waals surface area contributed by atoms with Gasteiger partial charge in [-0.1, -0.05) is 116 Å². The third kappa shape index (κ3) is 6.57. The molecule has 11 rings (SSSR count). The molecule has 0 spiro atoms. The van der Waals surface area contributed by atoms with Gasteiger partial charge in [-0.15, -0.1) is 35.7 Å². The molecular weight excluding hydrogens is 918 g/mol. The topological polar surface area (TPSA) is 57.2 Å². The largest absolute Gasteiger partial charge is 2.00 e. The zero-order valence-corrected chi connectivity index (χ0v) is 36.3. The van der Waals surface area contributed by atoms with Crippen LogP contribution < -0.4 is 0 Å². The molecule has 5 heterocycles. The van der Waals surface area contributed by atoms with E-state index in [4.69, 9.17) is 19.7 Å². The molecule has 1 aliphatic heterocycles. The molecule has 6 nitrogen and oxygen atoms in total. The Bertz CT molecular complexity index is 3070. The van der Waals surface area contributed by atoms with Crippen LogP contribution in [0.2, 0.25) is 0 Å². The number of pyridine rings is 2. The molecule has 1 fully saturated rings. The molecule has 9 aromatic rings. The third-order valence-corrected chi connectivity index (χ3v) is 12.6. The van der Waals surface area contributed by atoms with Crippen molar-refractivity contribution in [3.63, 3.8) is 0 Å². The number of aromatic nitrogens is 4. The van der Waals surface area contributed by atoms with Crippen molar-refractivity contribution < 1.29 is 25.8 Å². The van der Waals surface area contributed by atoms with E-state index < -0.39 is 0 Å².